The standard InChI is InChI=1S/C18H17N5O2/c1-13-6-5-9-15(10-13)22-18-16(23(24)25)17(20-12-21-18)19-11-14-7-3-2-4-8-14/h2-10,12H,11H2,1H3,(H2,19,20,21,22). The maximum Gasteiger partial charge on any atom is 0.353 e. The van der Waals surface area contributed by atoms with Gasteiger partial charge in [-0.15, -0.1) is 0 Å². The molecule has 0 amide bonds. The van der Waals surface area contributed by atoms with Crippen molar-refractivity contribution in [2.75, 3.05) is 10.6 Å². The molecule has 0 radical (unpaired) electrons. The van der Waals surface area contributed by atoms with Crippen LogP contribution in [0.4, 0.5) is 23.0 Å². The molecule has 25 heavy (non-hydrogen) atoms. The molecule has 0 aliphatic carbocycles. The lowest BCUT2D eigenvalue weighted by atomic mass is 10.2. The molecule has 3 rings (SSSR count). The number of aromatic nitrogens is 2. The summed E-state index contributed by atoms with van der Waals surface area (Å²) in [7, 11) is 0. The Morgan fingerprint density at radius 1 is 1.04 bits per heavy atom. The Morgan fingerprint density at radius 2 is 1.80 bits per heavy atom. The average molecular weight is 335 g/mol. The molecular weight excluding hydrogens is 318 g/mol. The first-order valence-corrected chi connectivity index (χ1v) is 7.74. The first-order valence-electron chi connectivity index (χ1n) is 7.74. The first-order chi connectivity index (χ1) is 12.1. The van der Waals surface area contributed by atoms with E-state index in [0.717, 1.165) is 16.8 Å². The van der Waals surface area contributed by atoms with Gasteiger partial charge in [-0.3, -0.25) is 10.1 Å². The van der Waals surface area contributed by atoms with Crippen molar-refractivity contribution in [2.24, 2.45) is 0 Å². The fraction of sp³-hybridized carbons (Fsp3) is 0.111. The van der Waals surface area contributed by atoms with E-state index in [4.69, 9.17) is 0 Å². The third kappa shape index (κ3) is 4.08. The zero-order valence-electron chi connectivity index (χ0n) is 13.6. The Hall–Kier alpha value is -3.48. The van der Waals surface area contributed by atoms with Gasteiger partial charge >= 0.3 is 5.69 Å². The molecule has 0 aliphatic heterocycles. The van der Waals surface area contributed by atoms with Crippen LogP contribution in [0, 0.1) is 17.0 Å². The van der Waals surface area contributed by atoms with Crippen LogP contribution in [0.1, 0.15) is 11.1 Å². The van der Waals surface area contributed by atoms with Crippen LogP contribution in [0.3, 0.4) is 0 Å². The summed E-state index contributed by atoms with van der Waals surface area (Å²) in [6, 6.07) is 17.2. The predicted molar refractivity (Wildman–Crippen MR) is 96.9 cm³/mol. The Morgan fingerprint density at radius 3 is 2.52 bits per heavy atom. The number of hydrogen-bond donors (Lipinski definition) is 2. The van der Waals surface area contributed by atoms with Crippen LogP contribution >= 0.6 is 0 Å². The van der Waals surface area contributed by atoms with Crippen molar-refractivity contribution in [3.05, 3.63) is 82.2 Å². The van der Waals surface area contributed by atoms with Gasteiger partial charge in [0.25, 0.3) is 0 Å². The van der Waals surface area contributed by atoms with Crippen molar-refractivity contribution >= 4 is 23.0 Å². The molecular formula is C18H17N5O2. The molecule has 0 saturated heterocycles. The van der Waals surface area contributed by atoms with Crippen molar-refractivity contribution < 1.29 is 4.92 Å². The Bertz CT molecular complexity index is 884. The number of hydrogen-bond acceptors (Lipinski definition) is 6. The molecule has 3 aromatic rings. The van der Waals surface area contributed by atoms with E-state index in [1.807, 2.05) is 61.5 Å². The number of nitrogens with zero attached hydrogens (tertiary/aromatic N) is 3. The monoisotopic (exact) mass is 335 g/mol. The molecule has 7 nitrogen and oxygen atoms in total. The summed E-state index contributed by atoms with van der Waals surface area (Å²) >= 11 is 0. The third-order valence-electron chi connectivity index (χ3n) is 3.59. The van der Waals surface area contributed by atoms with Crippen LogP contribution in [0.5, 0.6) is 0 Å². The lowest BCUT2D eigenvalue weighted by Gasteiger charge is -2.10. The van der Waals surface area contributed by atoms with E-state index in [-0.39, 0.29) is 17.3 Å². The van der Waals surface area contributed by atoms with Gasteiger partial charge in [0.15, 0.2) is 0 Å². The molecule has 0 unspecified atom stereocenters. The zero-order chi connectivity index (χ0) is 17.6. The summed E-state index contributed by atoms with van der Waals surface area (Å²) < 4.78 is 0. The second-order valence-electron chi connectivity index (χ2n) is 5.51. The van der Waals surface area contributed by atoms with Crippen molar-refractivity contribution in [3.63, 3.8) is 0 Å². The van der Waals surface area contributed by atoms with Gasteiger partial charge in [-0.25, -0.2) is 9.97 Å². The van der Waals surface area contributed by atoms with E-state index in [0.29, 0.717) is 6.54 Å². The summed E-state index contributed by atoms with van der Waals surface area (Å²) in [5.74, 6) is 0.333. The summed E-state index contributed by atoms with van der Waals surface area (Å²) in [4.78, 5) is 19.1. The molecule has 7 heteroatoms. The van der Waals surface area contributed by atoms with Crippen molar-refractivity contribution in [3.8, 4) is 0 Å². The highest BCUT2D eigenvalue weighted by molar-refractivity contribution is 5.73. The number of aryl methyl sites for hydroxylation is 1. The third-order valence-corrected chi connectivity index (χ3v) is 3.59. The zero-order valence-corrected chi connectivity index (χ0v) is 13.6. The van der Waals surface area contributed by atoms with E-state index in [1.54, 1.807) is 0 Å². The fourth-order valence-corrected chi connectivity index (χ4v) is 2.41. The topological polar surface area (TPSA) is 93.0 Å². The van der Waals surface area contributed by atoms with Gasteiger partial charge in [0.1, 0.15) is 6.33 Å². The van der Waals surface area contributed by atoms with Gasteiger partial charge in [-0.1, -0.05) is 42.5 Å². The summed E-state index contributed by atoms with van der Waals surface area (Å²) in [6.45, 7) is 2.38. The summed E-state index contributed by atoms with van der Waals surface area (Å²) in [5.41, 5.74) is 2.60. The number of anilines is 3. The molecule has 2 N–H and O–H groups in total. The number of rotatable bonds is 6. The highest BCUT2D eigenvalue weighted by Gasteiger charge is 2.23. The van der Waals surface area contributed by atoms with Crippen LogP contribution in [-0.4, -0.2) is 14.9 Å². The first kappa shape index (κ1) is 16.4. The SMILES string of the molecule is Cc1cccc(Nc2ncnc(NCc3ccccc3)c2[N+](=O)[O-])c1. The molecule has 1 heterocycles. The Labute approximate surface area is 144 Å². The predicted octanol–water partition coefficient (Wildman–Crippen LogP) is 4.05. The molecule has 0 fully saturated rings. The largest absolute Gasteiger partial charge is 0.360 e. The van der Waals surface area contributed by atoms with Gasteiger partial charge in [-0.2, -0.15) is 0 Å². The van der Waals surface area contributed by atoms with E-state index in [2.05, 4.69) is 20.6 Å². The van der Waals surface area contributed by atoms with Gasteiger partial charge in [0.2, 0.25) is 11.6 Å². The minimum absolute atomic E-state index is 0.154. The van der Waals surface area contributed by atoms with Gasteiger partial charge in [-0.05, 0) is 30.2 Å². The normalized spacial score (nSPS) is 10.3. The van der Waals surface area contributed by atoms with Gasteiger partial charge in [0.05, 0.1) is 4.92 Å². The molecule has 0 atom stereocenters. The maximum atomic E-state index is 11.6. The maximum absolute atomic E-state index is 11.6. The lowest BCUT2D eigenvalue weighted by molar-refractivity contribution is -0.383. The second kappa shape index (κ2) is 7.39. The molecule has 0 aliphatic rings. The molecule has 126 valence electrons. The van der Waals surface area contributed by atoms with Gasteiger partial charge < -0.3 is 10.6 Å². The molecule has 2 aromatic carbocycles. The second-order valence-corrected chi connectivity index (χ2v) is 5.51. The van der Waals surface area contributed by atoms with E-state index in [9.17, 15) is 10.1 Å². The van der Waals surface area contributed by atoms with Crippen LogP contribution in [0.15, 0.2) is 60.9 Å². The number of nitrogens with one attached hydrogen (secondary N) is 2. The smallest absolute Gasteiger partial charge is 0.353 e. The Kier molecular flexibility index (Phi) is 4.84. The van der Waals surface area contributed by atoms with Crippen LogP contribution in [0.25, 0.3) is 0 Å². The molecule has 0 spiro atoms. The van der Waals surface area contributed by atoms with Crippen molar-refractivity contribution in [1.29, 1.82) is 0 Å². The quantitative estimate of drug-likeness (QED) is 0.521. The van der Waals surface area contributed by atoms with E-state index in [1.165, 1.54) is 6.33 Å². The molecule has 0 saturated carbocycles. The van der Waals surface area contributed by atoms with Crippen molar-refractivity contribution in [2.45, 2.75) is 13.5 Å². The molecule has 0 bridgehead atoms. The Balaban J connectivity index is 1.87. The van der Waals surface area contributed by atoms with Gasteiger partial charge in [0, 0.05) is 12.2 Å². The van der Waals surface area contributed by atoms with Crippen LogP contribution in [-0.2, 0) is 6.54 Å². The molecule has 1 aromatic heterocycles. The van der Waals surface area contributed by atoms with Crippen LogP contribution in [0.2, 0.25) is 0 Å². The highest BCUT2D eigenvalue weighted by atomic mass is 16.6. The summed E-state index contributed by atoms with van der Waals surface area (Å²) in [6.07, 6.45) is 1.30. The fourth-order valence-electron chi connectivity index (χ4n) is 2.41. The average Bonchev–Trinajstić information content (AvgIpc) is 2.61. The van der Waals surface area contributed by atoms with Crippen molar-refractivity contribution in [1.82, 2.24) is 9.97 Å². The highest BCUT2D eigenvalue weighted by Crippen LogP contribution is 2.31. The minimum Gasteiger partial charge on any atom is -0.360 e. The van der Waals surface area contributed by atoms with E-state index >= 15 is 0 Å². The van der Waals surface area contributed by atoms with E-state index < -0.39 is 4.92 Å². The summed E-state index contributed by atoms with van der Waals surface area (Å²) in [5, 5.41) is 17.6. The number of nitro groups is 1. The number of benzene rings is 2. The van der Waals surface area contributed by atoms with Crippen LogP contribution < -0.4 is 10.6 Å². The minimum atomic E-state index is -0.481. The lowest BCUT2D eigenvalue weighted by Crippen LogP contribution is -2.08.